The Morgan fingerprint density at radius 2 is 2.21 bits per heavy atom. The normalized spacial score (nSPS) is 17.2. The topological polar surface area (TPSA) is 99.3 Å². The number of carbonyl (C=O) groups is 2. The molecule has 2 amide bonds. The fraction of sp³-hybridized carbons (Fsp3) is 0.450. The van der Waals surface area contributed by atoms with E-state index in [1.54, 1.807) is 7.11 Å². The Labute approximate surface area is 164 Å². The van der Waals surface area contributed by atoms with Crippen LogP contribution in [-0.4, -0.2) is 53.2 Å². The van der Waals surface area contributed by atoms with Crippen LogP contribution >= 0.6 is 0 Å². The van der Waals surface area contributed by atoms with Gasteiger partial charge in [-0.05, 0) is 31.5 Å². The predicted octanol–water partition coefficient (Wildman–Crippen LogP) is 1.04. The van der Waals surface area contributed by atoms with Crippen molar-refractivity contribution < 1.29 is 14.3 Å². The van der Waals surface area contributed by atoms with Gasteiger partial charge in [0.05, 0.1) is 25.3 Å². The minimum atomic E-state index is -0.494. The van der Waals surface area contributed by atoms with Crippen molar-refractivity contribution in [3.63, 3.8) is 0 Å². The Kier molecular flexibility index (Phi) is 6.30. The lowest BCUT2D eigenvalue weighted by Gasteiger charge is -2.34. The number of methoxy groups -OCH3 is 1. The molecule has 28 heavy (non-hydrogen) atoms. The van der Waals surface area contributed by atoms with Crippen LogP contribution in [0, 0.1) is 13.8 Å². The van der Waals surface area contributed by atoms with Crippen LogP contribution in [0.5, 0.6) is 5.75 Å². The summed E-state index contributed by atoms with van der Waals surface area (Å²) in [6, 6.07) is 7.27. The average Bonchev–Trinajstić information content (AvgIpc) is 3.01. The van der Waals surface area contributed by atoms with Gasteiger partial charge in [-0.2, -0.15) is 5.10 Å². The summed E-state index contributed by atoms with van der Waals surface area (Å²) < 4.78 is 5.27. The van der Waals surface area contributed by atoms with Gasteiger partial charge in [-0.3, -0.25) is 19.6 Å². The van der Waals surface area contributed by atoms with Crippen molar-refractivity contribution in [1.29, 1.82) is 0 Å². The summed E-state index contributed by atoms with van der Waals surface area (Å²) in [7, 11) is 1.63. The van der Waals surface area contributed by atoms with Gasteiger partial charge < -0.3 is 15.4 Å². The lowest BCUT2D eigenvalue weighted by Crippen LogP contribution is -2.56. The number of amides is 2. The molecule has 1 aliphatic rings. The predicted molar refractivity (Wildman–Crippen MR) is 105 cm³/mol. The second-order valence-electron chi connectivity index (χ2n) is 7.02. The molecular formula is C20H27N5O3. The first-order valence-corrected chi connectivity index (χ1v) is 9.39. The Bertz CT molecular complexity index is 829. The van der Waals surface area contributed by atoms with Gasteiger partial charge in [-0.1, -0.05) is 12.1 Å². The van der Waals surface area contributed by atoms with Crippen LogP contribution in [0.4, 0.5) is 0 Å². The van der Waals surface area contributed by atoms with Crippen LogP contribution in [0.3, 0.4) is 0 Å². The fourth-order valence-electron chi connectivity index (χ4n) is 3.45. The maximum atomic E-state index is 12.5. The number of nitrogens with one attached hydrogen (secondary N) is 3. The average molecular weight is 385 g/mol. The van der Waals surface area contributed by atoms with Crippen LogP contribution in [0.15, 0.2) is 24.3 Å². The highest BCUT2D eigenvalue weighted by atomic mass is 16.5. The van der Waals surface area contributed by atoms with Crippen LogP contribution in [0.1, 0.15) is 28.9 Å². The molecule has 1 fully saturated rings. The van der Waals surface area contributed by atoms with Gasteiger partial charge in [0.2, 0.25) is 11.8 Å². The first-order valence-electron chi connectivity index (χ1n) is 9.39. The zero-order valence-corrected chi connectivity index (χ0v) is 16.5. The quantitative estimate of drug-likeness (QED) is 0.661. The number of rotatable bonds is 7. The Hall–Kier alpha value is -2.87. The number of hydrogen-bond acceptors (Lipinski definition) is 5. The molecule has 3 rings (SSSR count). The molecule has 1 aromatic heterocycles. The number of aromatic amines is 1. The minimum absolute atomic E-state index is 0.111. The van der Waals surface area contributed by atoms with Gasteiger partial charge in [0.1, 0.15) is 5.75 Å². The van der Waals surface area contributed by atoms with E-state index in [-0.39, 0.29) is 18.2 Å². The van der Waals surface area contributed by atoms with Gasteiger partial charge in [0, 0.05) is 37.4 Å². The number of H-pyrrole nitrogens is 1. The maximum Gasteiger partial charge on any atom is 0.237 e. The van der Waals surface area contributed by atoms with E-state index >= 15 is 0 Å². The van der Waals surface area contributed by atoms with Crippen LogP contribution in [0.25, 0.3) is 0 Å². The Morgan fingerprint density at radius 1 is 1.39 bits per heavy atom. The molecule has 0 radical (unpaired) electrons. The molecule has 8 nitrogen and oxygen atoms in total. The van der Waals surface area contributed by atoms with Crippen molar-refractivity contribution in [2.75, 3.05) is 20.2 Å². The van der Waals surface area contributed by atoms with Crippen molar-refractivity contribution in [3.8, 4) is 5.75 Å². The first kappa shape index (κ1) is 19.9. The van der Waals surface area contributed by atoms with E-state index in [4.69, 9.17) is 4.74 Å². The summed E-state index contributed by atoms with van der Waals surface area (Å²) in [4.78, 5) is 27.0. The SMILES string of the molecule is COc1cccc(CN2CCNC(=O)C2CC(=O)NCc2c(C)n[nH]c2C)c1. The molecule has 0 aliphatic carbocycles. The van der Waals surface area contributed by atoms with E-state index in [0.717, 1.165) is 28.3 Å². The molecule has 1 aromatic carbocycles. The van der Waals surface area contributed by atoms with Gasteiger partial charge in [0.25, 0.3) is 0 Å². The number of ether oxygens (including phenoxy) is 1. The highest BCUT2D eigenvalue weighted by Gasteiger charge is 2.31. The lowest BCUT2D eigenvalue weighted by molar-refractivity contribution is -0.134. The zero-order valence-electron chi connectivity index (χ0n) is 16.5. The number of aromatic nitrogens is 2. The first-order chi connectivity index (χ1) is 13.5. The third-order valence-corrected chi connectivity index (χ3v) is 5.08. The molecule has 150 valence electrons. The molecule has 0 bridgehead atoms. The molecule has 1 unspecified atom stereocenters. The monoisotopic (exact) mass is 385 g/mol. The maximum absolute atomic E-state index is 12.5. The molecule has 1 aliphatic heterocycles. The standard InChI is InChI=1S/C20H27N5O3/c1-13-17(14(2)24-23-13)11-22-19(26)10-18-20(27)21-7-8-25(18)12-15-5-4-6-16(9-15)28-3/h4-6,9,18H,7-8,10-12H2,1-3H3,(H,21,27)(H,22,26)(H,23,24). The van der Waals surface area contributed by atoms with Crippen molar-refractivity contribution in [2.45, 2.75) is 39.4 Å². The highest BCUT2D eigenvalue weighted by molar-refractivity contribution is 5.88. The number of benzene rings is 1. The molecule has 1 saturated heterocycles. The molecule has 0 saturated carbocycles. The zero-order chi connectivity index (χ0) is 20.1. The van der Waals surface area contributed by atoms with Gasteiger partial charge in [-0.15, -0.1) is 0 Å². The molecule has 2 aromatic rings. The van der Waals surface area contributed by atoms with E-state index in [1.807, 2.05) is 43.0 Å². The van der Waals surface area contributed by atoms with Gasteiger partial charge >= 0.3 is 0 Å². The third-order valence-electron chi connectivity index (χ3n) is 5.08. The summed E-state index contributed by atoms with van der Waals surface area (Å²) in [5.41, 5.74) is 3.83. The minimum Gasteiger partial charge on any atom is -0.497 e. The summed E-state index contributed by atoms with van der Waals surface area (Å²) in [6.45, 7) is 6.08. The lowest BCUT2D eigenvalue weighted by atomic mass is 10.1. The molecule has 1 atom stereocenters. The van der Waals surface area contributed by atoms with Crippen molar-refractivity contribution in [2.24, 2.45) is 0 Å². The van der Waals surface area contributed by atoms with Crippen molar-refractivity contribution >= 4 is 11.8 Å². The molecule has 0 spiro atoms. The Balaban J connectivity index is 1.63. The second-order valence-corrected chi connectivity index (χ2v) is 7.02. The third kappa shape index (κ3) is 4.69. The number of nitrogens with zero attached hydrogens (tertiary/aromatic N) is 2. The fourth-order valence-corrected chi connectivity index (χ4v) is 3.45. The molecule has 3 N–H and O–H groups in total. The van der Waals surface area contributed by atoms with E-state index in [0.29, 0.717) is 26.2 Å². The summed E-state index contributed by atoms with van der Waals surface area (Å²) in [5, 5.41) is 12.8. The summed E-state index contributed by atoms with van der Waals surface area (Å²) >= 11 is 0. The summed E-state index contributed by atoms with van der Waals surface area (Å²) in [5.74, 6) is 0.511. The van der Waals surface area contributed by atoms with E-state index in [1.165, 1.54) is 0 Å². The van der Waals surface area contributed by atoms with Gasteiger partial charge in [0.15, 0.2) is 0 Å². The largest absolute Gasteiger partial charge is 0.497 e. The Morgan fingerprint density at radius 3 is 2.93 bits per heavy atom. The molecule has 2 heterocycles. The number of aryl methyl sites for hydroxylation is 2. The van der Waals surface area contributed by atoms with Crippen molar-refractivity contribution in [3.05, 3.63) is 46.8 Å². The highest BCUT2D eigenvalue weighted by Crippen LogP contribution is 2.18. The summed E-state index contributed by atoms with van der Waals surface area (Å²) in [6.07, 6.45) is 0.117. The molecule has 8 heteroatoms. The smallest absolute Gasteiger partial charge is 0.237 e. The van der Waals surface area contributed by atoms with E-state index < -0.39 is 6.04 Å². The van der Waals surface area contributed by atoms with Gasteiger partial charge in [-0.25, -0.2) is 0 Å². The number of carbonyl (C=O) groups excluding carboxylic acids is 2. The van der Waals surface area contributed by atoms with Crippen LogP contribution < -0.4 is 15.4 Å². The molecular weight excluding hydrogens is 358 g/mol. The van der Waals surface area contributed by atoms with E-state index in [2.05, 4.69) is 20.8 Å². The van der Waals surface area contributed by atoms with E-state index in [9.17, 15) is 9.59 Å². The second kappa shape index (κ2) is 8.88. The van der Waals surface area contributed by atoms with Crippen molar-refractivity contribution in [1.82, 2.24) is 25.7 Å². The van der Waals surface area contributed by atoms with Crippen LogP contribution in [0.2, 0.25) is 0 Å². The number of piperazine rings is 1. The van der Waals surface area contributed by atoms with Crippen LogP contribution in [-0.2, 0) is 22.7 Å². The number of hydrogen-bond donors (Lipinski definition) is 3.